The van der Waals surface area contributed by atoms with Gasteiger partial charge in [0.25, 0.3) is 5.69 Å². The fourth-order valence-electron chi connectivity index (χ4n) is 1.25. The van der Waals surface area contributed by atoms with Gasteiger partial charge in [-0.05, 0) is 25.0 Å². The summed E-state index contributed by atoms with van der Waals surface area (Å²) < 4.78 is 27.8. The molecule has 112 valence electrons. The summed E-state index contributed by atoms with van der Waals surface area (Å²) in [6.45, 7) is 4.23. The number of hydrogen-bond donors (Lipinski definition) is 0. The molecule has 20 heavy (non-hydrogen) atoms. The number of nitrogens with zero attached hydrogens (tertiary/aromatic N) is 1. The molecule has 0 spiro atoms. The van der Waals surface area contributed by atoms with Gasteiger partial charge in [0.05, 0.1) is 18.1 Å². The van der Waals surface area contributed by atoms with Crippen LogP contribution in [0.15, 0.2) is 24.3 Å². The Balaban J connectivity index is 2.77. The summed E-state index contributed by atoms with van der Waals surface area (Å²) in [6.07, 6.45) is 1.34. The third-order valence-corrected chi connectivity index (χ3v) is 3.60. The van der Waals surface area contributed by atoms with E-state index in [1.54, 1.807) is 0 Å². The average molecular weight is 303 g/mol. The smallest absolute Gasteiger partial charge is 0.404 e. The van der Waals surface area contributed by atoms with Crippen LogP contribution in [0.25, 0.3) is 0 Å². The maximum absolute atomic E-state index is 12.3. The van der Waals surface area contributed by atoms with Crippen molar-refractivity contribution in [2.75, 3.05) is 13.2 Å². The Bertz CT molecular complexity index is 463. The van der Waals surface area contributed by atoms with Crippen LogP contribution in [0.2, 0.25) is 0 Å². The predicted octanol–water partition coefficient (Wildman–Crippen LogP) is 3.93. The van der Waals surface area contributed by atoms with E-state index >= 15 is 0 Å². The van der Waals surface area contributed by atoms with Crippen molar-refractivity contribution in [3.8, 4) is 5.75 Å². The lowest BCUT2D eigenvalue weighted by atomic mass is 10.3. The van der Waals surface area contributed by atoms with E-state index in [-0.39, 0.29) is 24.7 Å². The molecule has 0 unspecified atom stereocenters. The fourth-order valence-corrected chi connectivity index (χ4v) is 2.63. The van der Waals surface area contributed by atoms with E-state index in [4.69, 9.17) is 13.6 Å². The number of hydrogen-bond acceptors (Lipinski definition) is 6. The summed E-state index contributed by atoms with van der Waals surface area (Å²) in [5, 5.41) is 10.5. The summed E-state index contributed by atoms with van der Waals surface area (Å²) in [4.78, 5) is 10.0. The summed E-state index contributed by atoms with van der Waals surface area (Å²) in [5.41, 5.74) is -0.0730. The van der Waals surface area contributed by atoms with Crippen LogP contribution in [0.5, 0.6) is 5.75 Å². The lowest BCUT2D eigenvalue weighted by Gasteiger charge is -2.17. The van der Waals surface area contributed by atoms with Gasteiger partial charge in [0.1, 0.15) is 5.75 Å². The van der Waals surface area contributed by atoms with Gasteiger partial charge in [0.15, 0.2) is 0 Å². The van der Waals surface area contributed by atoms with Gasteiger partial charge in [-0.1, -0.05) is 13.8 Å². The van der Waals surface area contributed by atoms with Gasteiger partial charge in [-0.15, -0.1) is 0 Å². The van der Waals surface area contributed by atoms with Gasteiger partial charge in [-0.25, -0.2) is 4.57 Å². The lowest BCUT2D eigenvalue weighted by Crippen LogP contribution is -2.04. The highest BCUT2D eigenvalue weighted by atomic mass is 31.2. The van der Waals surface area contributed by atoms with Crippen molar-refractivity contribution in [2.24, 2.45) is 0 Å². The molecule has 7 nitrogen and oxygen atoms in total. The predicted molar refractivity (Wildman–Crippen MR) is 73.8 cm³/mol. The van der Waals surface area contributed by atoms with Crippen LogP contribution < -0.4 is 4.52 Å². The standard InChI is InChI=1S/C12H18NO6P/c1-3-9-17-20(16,18-10-4-2)19-12-7-5-11(6-8-12)13(14)15/h5-8H,3-4,9-10H2,1-2H3. The molecule has 0 bridgehead atoms. The SMILES string of the molecule is CCCOP(=O)(OCCC)Oc1ccc([N+](=O)[O-])cc1. The maximum atomic E-state index is 12.3. The summed E-state index contributed by atoms with van der Waals surface area (Å²) in [5.74, 6) is 0.200. The van der Waals surface area contributed by atoms with E-state index in [9.17, 15) is 14.7 Å². The monoisotopic (exact) mass is 303 g/mol. The summed E-state index contributed by atoms with van der Waals surface area (Å²) >= 11 is 0. The number of nitro benzene ring substituents is 1. The number of phosphoric ester groups is 1. The van der Waals surface area contributed by atoms with E-state index < -0.39 is 12.7 Å². The third kappa shape index (κ3) is 5.28. The molecule has 0 aliphatic rings. The Morgan fingerprint density at radius 2 is 1.60 bits per heavy atom. The first-order chi connectivity index (χ1) is 9.50. The quantitative estimate of drug-likeness (QED) is 0.390. The zero-order chi connectivity index (χ0) is 15.0. The first-order valence-corrected chi connectivity index (χ1v) is 7.80. The second-order valence-corrected chi connectivity index (χ2v) is 5.55. The van der Waals surface area contributed by atoms with Crippen LogP contribution in [0.3, 0.4) is 0 Å². The van der Waals surface area contributed by atoms with E-state index in [0.29, 0.717) is 12.8 Å². The maximum Gasteiger partial charge on any atom is 0.530 e. The number of benzene rings is 1. The van der Waals surface area contributed by atoms with Crippen LogP contribution >= 0.6 is 7.82 Å². The Hall–Kier alpha value is -1.43. The number of non-ortho nitro benzene ring substituents is 1. The van der Waals surface area contributed by atoms with E-state index in [1.165, 1.54) is 24.3 Å². The molecule has 0 aromatic heterocycles. The van der Waals surface area contributed by atoms with Gasteiger partial charge in [0.2, 0.25) is 0 Å². The minimum atomic E-state index is -3.68. The van der Waals surface area contributed by atoms with Crippen molar-refractivity contribution >= 4 is 13.5 Å². The second kappa shape index (κ2) is 7.99. The zero-order valence-corrected chi connectivity index (χ0v) is 12.4. The van der Waals surface area contributed by atoms with Crippen molar-refractivity contribution in [3.05, 3.63) is 34.4 Å². The van der Waals surface area contributed by atoms with Gasteiger partial charge in [-0.2, -0.15) is 0 Å². The normalized spacial score (nSPS) is 11.3. The highest BCUT2D eigenvalue weighted by Gasteiger charge is 2.28. The molecule has 0 aliphatic carbocycles. The Labute approximate surface area is 117 Å². The van der Waals surface area contributed by atoms with Crippen molar-refractivity contribution in [1.29, 1.82) is 0 Å². The molecule has 0 saturated heterocycles. The van der Waals surface area contributed by atoms with Crippen molar-refractivity contribution in [1.82, 2.24) is 0 Å². The number of rotatable bonds is 9. The molecule has 1 rings (SSSR count). The molecule has 0 amide bonds. The molecule has 0 fully saturated rings. The lowest BCUT2D eigenvalue weighted by molar-refractivity contribution is -0.384. The summed E-state index contributed by atoms with van der Waals surface area (Å²) in [6, 6.07) is 5.24. The molecule has 0 saturated carbocycles. The molecule has 0 radical (unpaired) electrons. The highest BCUT2D eigenvalue weighted by molar-refractivity contribution is 7.48. The van der Waals surface area contributed by atoms with Gasteiger partial charge >= 0.3 is 7.82 Å². The van der Waals surface area contributed by atoms with Crippen LogP contribution in [-0.2, 0) is 13.6 Å². The van der Waals surface area contributed by atoms with Gasteiger partial charge < -0.3 is 4.52 Å². The van der Waals surface area contributed by atoms with Crippen LogP contribution in [0, 0.1) is 10.1 Å². The number of phosphoric acid groups is 1. The topological polar surface area (TPSA) is 87.9 Å². The largest absolute Gasteiger partial charge is 0.530 e. The molecular weight excluding hydrogens is 285 g/mol. The molecule has 0 N–H and O–H groups in total. The van der Waals surface area contributed by atoms with Gasteiger partial charge in [0, 0.05) is 12.1 Å². The first kappa shape index (κ1) is 16.6. The van der Waals surface area contributed by atoms with Crippen LogP contribution in [0.4, 0.5) is 5.69 Å². The Kier molecular flexibility index (Phi) is 6.64. The van der Waals surface area contributed by atoms with Crippen LogP contribution in [0.1, 0.15) is 26.7 Å². The first-order valence-electron chi connectivity index (χ1n) is 6.34. The molecule has 0 aliphatic heterocycles. The minimum absolute atomic E-state index is 0.0730. The fraction of sp³-hybridized carbons (Fsp3) is 0.500. The van der Waals surface area contributed by atoms with E-state index in [1.807, 2.05) is 13.8 Å². The van der Waals surface area contributed by atoms with Crippen LogP contribution in [-0.4, -0.2) is 18.1 Å². The van der Waals surface area contributed by atoms with Crippen molar-refractivity contribution in [3.63, 3.8) is 0 Å². The number of nitro groups is 1. The Morgan fingerprint density at radius 1 is 1.10 bits per heavy atom. The second-order valence-electron chi connectivity index (χ2n) is 3.96. The van der Waals surface area contributed by atoms with Gasteiger partial charge in [-0.3, -0.25) is 19.2 Å². The third-order valence-electron chi connectivity index (χ3n) is 2.17. The van der Waals surface area contributed by atoms with Crippen molar-refractivity contribution in [2.45, 2.75) is 26.7 Å². The molecule has 0 atom stereocenters. The van der Waals surface area contributed by atoms with E-state index in [2.05, 4.69) is 0 Å². The van der Waals surface area contributed by atoms with E-state index in [0.717, 1.165) is 0 Å². The minimum Gasteiger partial charge on any atom is -0.404 e. The summed E-state index contributed by atoms with van der Waals surface area (Å²) in [7, 11) is -3.68. The molecule has 8 heteroatoms. The Morgan fingerprint density at radius 3 is 2.00 bits per heavy atom. The molecule has 1 aromatic carbocycles. The molecule has 0 heterocycles. The molecule has 1 aromatic rings. The zero-order valence-electron chi connectivity index (χ0n) is 11.5. The molecular formula is C12H18NO6P. The average Bonchev–Trinajstić information content (AvgIpc) is 2.44. The van der Waals surface area contributed by atoms with Crippen molar-refractivity contribution < 1.29 is 23.1 Å². The highest BCUT2D eigenvalue weighted by Crippen LogP contribution is 2.49.